The minimum absolute atomic E-state index is 0.141. The van der Waals surface area contributed by atoms with E-state index in [0.717, 1.165) is 17.4 Å². The van der Waals surface area contributed by atoms with Crippen LogP contribution in [0.3, 0.4) is 0 Å². The van der Waals surface area contributed by atoms with Crippen LogP contribution in [0.5, 0.6) is 0 Å². The smallest absolute Gasteiger partial charge is 0.278 e. The second-order valence-electron chi connectivity index (χ2n) is 15.6. The molecule has 4 aromatic heterocycles. The minimum Gasteiger partial charge on any atom is -0.384 e. The molecule has 4 N–H and O–H groups in total. The quantitative estimate of drug-likeness (QED) is 0.117. The van der Waals surface area contributed by atoms with Crippen molar-refractivity contribution in [1.82, 2.24) is 39.5 Å². The number of nitrogens with one attached hydrogen (secondary N) is 3. The third-order valence-corrected chi connectivity index (χ3v) is 11.0. The molecule has 1 saturated heterocycles. The maximum atomic E-state index is 15.8. The monoisotopic (exact) mass is 814 g/mol. The van der Waals surface area contributed by atoms with Gasteiger partial charge in [0.2, 0.25) is 5.95 Å². The molecule has 0 radical (unpaired) electrons. The number of hydrogen-bond acceptors (Lipinski definition) is 9. The molecule has 0 spiro atoms. The fourth-order valence-electron chi connectivity index (χ4n) is 8.16. The summed E-state index contributed by atoms with van der Waals surface area (Å²) in [5.74, 6) is -1.82. The number of aliphatic hydroxyl groups is 1. The molecule has 0 saturated carbocycles. The number of rotatable bonds is 10. The van der Waals surface area contributed by atoms with E-state index in [0.29, 0.717) is 83.7 Å². The Morgan fingerprint density at radius 2 is 1.72 bits per heavy atom. The fourth-order valence-corrected chi connectivity index (χ4v) is 8.16. The summed E-state index contributed by atoms with van der Waals surface area (Å²) in [6, 6.07) is 18.1. The normalized spacial score (nSPS) is 14.8. The van der Waals surface area contributed by atoms with Crippen LogP contribution in [-0.4, -0.2) is 77.9 Å². The van der Waals surface area contributed by atoms with Crippen LogP contribution in [0.25, 0.3) is 39.0 Å². The predicted molar refractivity (Wildman–Crippen MR) is 223 cm³/mol. The van der Waals surface area contributed by atoms with Gasteiger partial charge in [-0.3, -0.25) is 14.5 Å². The average Bonchev–Trinajstić information content (AvgIpc) is 3.64. The van der Waals surface area contributed by atoms with Crippen LogP contribution in [0.2, 0.25) is 0 Å². The molecule has 16 heteroatoms. The predicted octanol–water partition coefficient (Wildman–Crippen LogP) is 6.31. The Morgan fingerprint density at radius 3 is 2.43 bits per heavy atom. The Kier molecular flexibility index (Phi) is 9.75. The molecule has 9 rings (SSSR count). The molecule has 1 amide bonds. The van der Waals surface area contributed by atoms with Crippen LogP contribution in [0.15, 0.2) is 90.4 Å². The van der Waals surface area contributed by atoms with Crippen molar-refractivity contribution < 1.29 is 23.1 Å². The number of anilines is 3. The molecule has 0 atom stereocenters. The summed E-state index contributed by atoms with van der Waals surface area (Å²) >= 11 is 0. The van der Waals surface area contributed by atoms with E-state index in [2.05, 4.69) is 42.0 Å². The third-order valence-electron chi connectivity index (χ3n) is 11.0. The molecule has 306 valence electrons. The van der Waals surface area contributed by atoms with Gasteiger partial charge < -0.3 is 25.6 Å². The lowest BCUT2D eigenvalue weighted by atomic mass is 9.98. The highest BCUT2D eigenvalue weighted by atomic mass is 19.1. The summed E-state index contributed by atoms with van der Waals surface area (Å²) in [6.45, 7) is 10.6. The molecule has 1 fully saturated rings. The van der Waals surface area contributed by atoms with Gasteiger partial charge in [-0.05, 0) is 92.1 Å². The number of pyridine rings is 1. The van der Waals surface area contributed by atoms with Crippen molar-refractivity contribution in [2.24, 2.45) is 0 Å². The van der Waals surface area contributed by atoms with Crippen molar-refractivity contribution in [3.8, 4) is 17.1 Å². The van der Waals surface area contributed by atoms with Crippen molar-refractivity contribution in [3.63, 3.8) is 0 Å². The molecule has 0 unspecified atom stereocenters. The lowest BCUT2D eigenvalue weighted by Crippen LogP contribution is -2.46. The third kappa shape index (κ3) is 7.06. The van der Waals surface area contributed by atoms with Crippen molar-refractivity contribution in [2.75, 3.05) is 42.9 Å². The second kappa shape index (κ2) is 15.1. The van der Waals surface area contributed by atoms with E-state index in [4.69, 9.17) is 4.98 Å². The zero-order chi connectivity index (χ0) is 41.9. The van der Waals surface area contributed by atoms with E-state index in [-0.39, 0.29) is 41.4 Å². The van der Waals surface area contributed by atoms with E-state index >= 15 is 8.78 Å². The van der Waals surface area contributed by atoms with Gasteiger partial charge in [0, 0.05) is 67.7 Å². The summed E-state index contributed by atoms with van der Waals surface area (Å²) in [5.41, 5.74) is 2.53. The number of fused-ring (bicyclic) bond motifs is 1. The van der Waals surface area contributed by atoms with Crippen molar-refractivity contribution in [2.45, 2.75) is 39.0 Å². The van der Waals surface area contributed by atoms with Crippen LogP contribution in [-0.2, 0) is 25.1 Å². The van der Waals surface area contributed by atoms with Crippen LogP contribution in [0.1, 0.15) is 41.0 Å². The lowest BCUT2D eigenvalue weighted by molar-refractivity contribution is 0.0737. The van der Waals surface area contributed by atoms with Gasteiger partial charge in [0.25, 0.3) is 11.5 Å². The average molecular weight is 815 g/mol. The standard InChI is InChI=1S/C44H41F3N10O3/c1-4-14-56-42(59)31-23-49-43(53-40(31)57(56)36-7-5-6-35(52-36)44(2,3)60)50-27-8-10-28(11-9-27)55-17-15-54(16-18-55)24-25-19-32(46)38(33(47)20-25)39-29-12-13-48-41(58)30-21-26(45)22-34(51-39)37(29)30/h4-11,19-23,51,60H,1,12-18,24H2,2-3H3,(H,48,58)(H,49,50,53). The first kappa shape index (κ1) is 38.7. The molecular weight excluding hydrogens is 774 g/mol. The molecule has 2 aliphatic rings. The summed E-state index contributed by atoms with van der Waals surface area (Å²) in [6.07, 6.45) is 3.43. The number of allylic oxidation sites excluding steroid dienone is 1. The number of carbonyl (C=O) groups excluding carboxylic acids is 1. The Morgan fingerprint density at radius 1 is 0.967 bits per heavy atom. The number of aromatic amines is 1. The summed E-state index contributed by atoms with van der Waals surface area (Å²) in [7, 11) is 0. The first-order valence-electron chi connectivity index (χ1n) is 19.6. The Bertz CT molecular complexity index is 2870. The molecule has 60 heavy (non-hydrogen) atoms. The largest absolute Gasteiger partial charge is 0.384 e. The molecule has 13 nitrogen and oxygen atoms in total. The van der Waals surface area contributed by atoms with E-state index in [1.54, 1.807) is 42.8 Å². The molecule has 6 heterocycles. The lowest BCUT2D eigenvalue weighted by Gasteiger charge is -2.36. The zero-order valence-electron chi connectivity index (χ0n) is 32.9. The molecular formula is C44H41F3N10O3. The van der Waals surface area contributed by atoms with Gasteiger partial charge in [0.05, 0.1) is 29.1 Å². The maximum absolute atomic E-state index is 15.8. The topological polar surface area (TPSA) is 149 Å². The molecule has 3 aromatic carbocycles. The molecule has 0 bridgehead atoms. The van der Waals surface area contributed by atoms with Gasteiger partial charge in [-0.2, -0.15) is 4.98 Å². The second-order valence-corrected chi connectivity index (χ2v) is 15.6. The van der Waals surface area contributed by atoms with Crippen LogP contribution >= 0.6 is 0 Å². The van der Waals surface area contributed by atoms with Crippen LogP contribution in [0, 0.1) is 17.5 Å². The number of carbonyl (C=O) groups is 1. The summed E-state index contributed by atoms with van der Waals surface area (Å²) in [4.78, 5) is 47.1. The number of piperazine rings is 1. The molecule has 0 aliphatic carbocycles. The molecule has 2 aliphatic heterocycles. The number of hydrogen-bond donors (Lipinski definition) is 4. The van der Waals surface area contributed by atoms with Crippen LogP contribution < -0.4 is 21.1 Å². The maximum Gasteiger partial charge on any atom is 0.278 e. The van der Waals surface area contributed by atoms with Gasteiger partial charge >= 0.3 is 0 Å². The van der Waals surface area contributed by atoms with E-state index < -0.39 is 29.0 Å². The highest BCUT2D eigenvalue weighted by Crippen LogP contribution is 2.37. The zero-order valence-corrected chi connectivity index (χ0v) is 32.9. The molecule has 7 aromatic rings. The minimum atomic E-state index is -1.20. The van der Waals surface area contributed by atoms with E-state index in [9.17, 15) is 19.1 Å². The Balaban J connectivity index is 0.875. The van der Waals surface area contributed by atoms with Gasteiger partial charge in [0.1, 0.15) is 28.4 Å². The number of nitrogens with zero attached hydrogens (tertiary/aromatic N) is 7. The summed E-state index contributed by atoms with van der Waals surface area (Å²) < 4.78 is 49.0. The van der Waals surface area contributed by atoms with Gasteiger partial charge in [-0.1, -0.05) is 12.1 Å². The van der Waals surface area contributed by atoms with Crippen molar-refractivity contribution in [1.29, 1.82) is 0 Å². The van der Waals surface area contributed by atoms with Crippen molar-refractivity contribution in [3.05, 3.63) is 136 Å². The number of halogens is 3. The summed E-state index contributed by atoms with van der Waals surface area (Å²) in [5, 5.41) is 17.4. The first-order valence-corrected chi connectivity index (χ1v) is 19.6. The van der Waals surface area contributed by atoms with Crippen molar-refractivity contribution >= 4 is 45.2 Å². The van der Waals surface area contributed by atoms with E-state index in [1.807, 2.05) is 24.3 Å². The Labute approximate surface area is 341 Å². The Hall–Kier alpha value is -6.78. The number of aromatic nitrogens is 6. The highest BCUT2D eigenvalue weighted by molar-refractivity contribution is 6.10. The SMILES string of the molecule is C=CCn1c(=O)c2cnc(Nc3ccc(N4CCN(Cc5cc(F)c(-c6[nH]c7cc(F)cc8c7c6CCNC8=O)c(F)c5)CC4)cc3)nc2n1-c1cccc(C(C)(C)O)n1. The number of benzene rings is 3. The first-order chi connectivity index (χ1) is 28.9. The highest BCUT2D eigenvalue weighted by Gasteiger charge is 2.28. The number of H-pyrrole nitrogens is 1. The number of amides is 1. The van der Waals surface area contributed by atoms with E-state index in [1.165, 1.54) is 29.1 Å². The van der Waals surface area contributed by atoms with Gasteiger partial charge in [-0.25, -0.2) is 32.5 Å². The van der Waals surface area contributed by atoms with Gasteiger partial charge in [-0.15, -0.1) is 6.58 Å². The van der Waals surface area contributed by atoms with Crippen LogP contribution in [0.4, 0.5) is 30.5 Å². The fraction of sp³-hybridized carbons (Fsp3) is 0.250. The van der Waals surface area contributed by atoms with Gasteiger partial charge in [0.15, 0.2) is 11.5 Å².